The molecule has 38 nitrogen and oxygen atoms in total. The van der Waals surface area contributed by atoms with Crippen LogP contribution in [0.4, 0.5) is 0 Å². The van der Waals surface area contributed by atoms with E-state index in [1.165, 1.54) is 18.7 Å². The Morgan fingerprint density at radius 1 is 0.541 bits per heavy atom. The third kappa shape index (κ3) is 27.3. The molecule has 1 aromatic heterocycles. The number of nitrogens with zero attached hydrogens (tertiary/aromatic N) is 3. The average Bonchev–Trinajstić information content (AvgIpc) is 1.73. The highest BCUT2D eigenvalue weighted by Gasteiger charge is 2.44. The zero-order valence-electron chi connectivity index (χ0n) is 63.4. The normalized spacial score (nSPS) is 26.6. The maximum absolute atomic E-state index is 15.0. The van der Waals surface area contributed by atoms with Gasteiger partial charge >= 0.3 is 5.97 Å². The van der Waals surface area contributed by atoms with Crippen molar-refractivity contribution < 1.29 is 86.9 Å². The SMILES string of the molecule is CCC(C)C1NC(=O)C(Cc2c[nH]c3ccccc23)NC(=O)C2CCCN2C(=O)C(C)NC(=O)C(CC(N)=O)NC(=O)C(CCCCN)NC(=O)C2CCCN2C(=O)C(CCCN=C(N)N)NC(=O)C(C(C)O)NC(=O)CNC(=O)C(CC(=O)O)NC(=O)C(C)NC(=O)C(CC(C)C)NC(=O)C(CC(C)C)NC1=O. The van der Waals surface area contributed by atoms with Crippen LogP contribution in [-0.4, -0.2) is 243 Å². The number of para-hydroxylation sites is 1. The summed E-state index contributed by atoms with van der Waals surface area (Å²) < 4.78 is 0. The first-order valence-electron chi connectivity index (χ1n) is 37.2. The molecule has 15 amide bonds. The van der Waals surface area contributed by atoms with E-state index >= 15 is 4.79 Å². The van der Waals surface area contributed by atoms with Crippen molar-refractivity contribution in [2.45, 2.75) is 243 Å². The number of H-pyrrole nitrogens is 1. The number of primary amides is 1. The van der Waals surface area contributed by atoms with Gasteiger partial charge in [0.15, 0.2) is 5.96 Å². The number of aliphatic carboxylic acids is 1. The van der Waals surface area contributed by atoms with Gasteiger partial charge in [-0.15, -0.1) is 0 Å². The Kier molecular flexibility index (Phi) is 35.0. The van der Waals surface area contributed by atoms with Gasteiger partial charge < -0.3 is 112 Å². The number of aromatic amines is 1. The maximum Gasteiger partial charge on any atom is 0.305 e. The second kappa shape index (κ2) is 42.9. The summed E-state index contributed by atoms with van der Waals surface area (Å²) in [4.78, 5) is 235. The highest BCUT2D eigenvalue weighted by molar-refractivity contribution is 6.02. The predicted octanol–water partition coefficient (Wildman–Crippen LogP) is -4.75. The molecule has 5 rings (SSSR count). The molecule has 3 aliphatic rings. The molecule has 4 heterocycles. The van der Waals surface area contributed by atoms with Gasteiger partial charge in [0.25, 0.3) is 0 Å². The molecule has 3 saturated heterocycles. The number of carboxylic acid groups (broad SMARTS) is 1. The first-order valence-corrected chi connectivity index (χ1v) is 37.2. The molecule has 0 spiro atoms. The van der Waals surface area contributed by atoms with E-state index in [4.69, 9.17) is 22.9 Å². The number of aliphatic hydroxyl groups excluding tert-OH is 1. The van der Waals surface area contributed by atoms with Gasteiger partial charge in [0.05, 0.1) is 25.5 Å². The molecule has 3 fully saturated rings. The smallest absolute Gasteiger partial charge is 0.305 e. The van der Waals surface area contributed by atoms with E-state index < -0.39 is 205 Å². The lowest BCUT2D eigenvalue weighted by Crippen LogP contribution is -2.61. The van der Waals surface area contributed by atoms with Crippen LogP contribution < -0.4 is 86.7 Å². The van der Waals surface area contributed by atoms with Gasteiger partial charge in [0.2, 0.25) is 88.6 Å². The zero-order chi connectivity index (χ0) is 81.1. The van der Waals surface area contributed by atoms with Crippen LogP contribution in [-0.2, 0) is 83.1 Å². The minimum Gasteiger partial charge on any atom is -0.481 e. The third-order valence-corrected chi connectivity index (χ3v) is 19.1. The Morgan fingerprint density at radius 2 is 1.04 bits per heavy atom. The highest BCUT2D eigenvalue weighted by Crippen LogP contribution is 2.25. The summed E-state index contributed by atoms with van der Waals surface area (Å²) in [5.74, 6) is -17.4. The quantitative estimate of drug-likeness (QED) is 0.0317. The molecule has 2 aromatic rings. The van der Waals surface area contributed by atoms with E-state index in [9.17, 15) is 82.1 Å². The number of nitrogens with two attached hydrogens (primary N) is 4. The number of carbonyl (C=O) groups is 16. The summed E-state index contributed by atoms with van der Waals surface area (Å²) in [5, 5.41) is 51.9. The molecular weight excluding hydrogens is 1420 g/mol. The zero-order valence-corrected chi connectivity index (χ0v) is 63.4. The number of unbranched alkanes of at least 4 members (excludes halogenated alkanes) is 1. The standard InChI is InChI=1S/C71H112N20O18/c1-10-37(6)56-67(106)87-47(29-36(4)5)63(102)84-46(28-35(2)3)61(100)79-38(7)58(97)83-50(32-55(95)96)59(98)78-34-54(94)88-57(40(9)92)68(107)82-45(21-15-25-76-71(74)75)70(109)91-27-17-23-52(91)65(104)81-44(20-13-14-24-72)60(99)85-49(31-53(73)93)62(101)80-39(8)69(108)90-26-16-22-51(90)66(105)86-48(64(103)89-56)30-41-33-77-43-19-12-11-18-42(41)43/h11-12,18-19,33,35-40,44-52,56-57,77,92H,10,13-17,20-32,34,72H2,1-9H3,(H2,73,93)(H,78,98)(H,79,100)(H,80,101)(H,81,104)(H,82,107)(H,83,97)(H,84,102)(H,85,99)(H,86,105)(H,87,106)(H,88,94)(H,89,103)(H,95,96)(H4,74,75,76). The summed E-state index contributed by atoms with van der Waals surface area (Å²) >= 11 is 0. The number of aromatic nitrogens is 1. The van der Waals surface area contributed by atoms with Crippen LogP contribution in [0.2, 0.25) is 0 Å². The molecule has 15 atom stereocenters. The number of aliphatic hydroxyl groups is 1. The van der Waals surface area contributed by atoms with Crippen LogP contribution in [0.3, 0.4) is 0 Å². The summed E-state index contributed by atoms with van der Waals surface area (Å²) in [6.45, 7) is 13.2. The lowest BCUT2D eigenvalue weighted by Gasteiger charge is -2.31. The van der Waals surface area contributed by atoms with Crippen LogP contribution in [0.25, 0.3) is 10.9 Å². The fraction of sp³-hybridized carbons (Fsp3) is 0.648. The molecule has 38 heteroatoms. The van der Waals surface area contributed by atoms with Crippen LogP contribution >= 0.6 is 0 Å². The van der Waals surface area contributed by atoms with Crippen molar-refractivity contribution in [3.8, 4) is 0 Å². The van der Waals surface area contributed by atoms with Gasteiger partial charge in [-0.3, -0.25) is 81.7 Å². The topological polar surface area (TPSA) is 597 Å². The number of amides is 15. The second-order valence-corrected chi connectivity index (χ2v) is 29.0. The van der Waals surface area contributed by atoms with Crippen molar-refractivity contribution in [2.24, 2.45) is 45.7 Å². The number of fused-ring (bicyclic) bond motifs is 3. The van der Waals surface area contributed by atoms with Gasteiger partial charge in [-0.1, -0.05) is 66.2 Å². The maximum atomic E-state index is 15.0. The molecule has 0 aliphatic carbocycles. The van der Waals surface area contributed by atoms with Crippen LogP contribution in [0, 0.1) is 17.8 Å². The van der Waals surface area contributed by atoms with Crippen LogP contribution in [0.15, 0.2) is 35.5 Å². The van der Waals surface area contributed by atoms with Crippen molar-refractivity contribution in [2.75, 3.05) is 32.7 Å². The number of rotatable bonds is 21. The lowest BCUT2D eigenvalue weighted by molar-refractivity contribution is -0.143. The lowest BCUT2D eigenvalue weighted by atomic mass is 9.95. The molecular formula is C71H112N20O18. The number of aliphatic imine (C=N–C) groups is 1. The molecule has 23 N–H and O–H groups in total. The van der Waals surface area contributed by atoms with Crippen LogP contribution in [0.5, 0.6) is 0 Å². The van der Waals surface area contributed by atoms with E-state index in [-0.39, 0.29) is 115 Å². The Bertz CT molecular complexity index is 3620. The number of carboxylic acids is 1. The fourth-order valence-electron chi connectivity index (χ4n) is 13.0. The van der Waals surface area contributed by atoms with E-state index in [0.29, 0.717) is 29.3 Å². The molecule has 0 radical (unpaired) electrons. The Balaban J connectivity index is 1.56. The number of hydrogen-bond acceptors (Lipinski definition) is 19. The van der Waals surface area contributed by atoms with Crippen molar-refractivity contribution in [1.82, 2.24) is 78.6 Å². The fourth-order valence-corrected chi connectivity index (χ4v) is 13.0. The van der Waals surface area contributed by atoms with Crippen LogP contribution in [0.1, 0.15) is 158 Å². The highest BCUT2D eigenvalue weighted by atomic mass is 16.4. The van der Waals surface area contributed by atoms with E-state index in [0.717, 1.165) is 11.8 Å². The van der Waals surface area contributed by atoms with Gasteiger partial charge in [0, 0.05) is 43.2 Å². The molecule has 0 bridgehead atoms. The van der Waals surface area contributed by atoms with Gasteiger partial charge in [-0.2, -0.15) is 0 Å². The van der Waals surface area contributed by atoms with Crippen molar-refractivity contribution in [3.05, 3.63) is 36.0 Å². The van der Waals surface area contributed by atoms with E-state index in [1.54, 1.807) is 72.0 Å². The minimum absolute atomic E-state index is 0.00227. The average molecular weight is 1530 g/mol. The number of nitrogens with one attached hydrogen (secondary N) is 13. The van der Waals surface area contributed by atoms with E-state index in [1.807, 2.05) is 0 Å². The summed E-state index contributed by atoms with van der Waals surface area (Å²) in [5.41, 5.74) is 23.8. The molecule has 3 aliphatic heterocycles. The molecule has 1 aromatic carbocycles. The molecule has 109 heavy (non-hydrogen) atoms. The first kappa shape index (κ1) is 89.1. The predicted molar refractivity (Wildman–Crippen MR) is 396 cm³/mol. The summed E-state index contributed by atoms with van der Waals surface area (Å²) in [7, 11) is 0. The monoisotopic (exact) mass is 1530 g/mol. The van der Waals surface area contributed by atoms with Gasteiger partial charge in [-0.05, 0) is 127 Å². The Morgan fingerprint density at radius 3 is 1.61 bits per heavy atom. The van der Waals surface area contributed by atoms with Crippen molar-refractivity contribution >= 4 is 111 Å². The Labute approximate surface area is 632 Å². The third-order valence-electron chi connectivity index (χ3n) is 19.1. The van der Waals surface area contributed by atoms with Crippen molar-refractivity contribution in [3.63, 3.8) is 0 Å². The number of benzene rings is 1. The van der Waals surface area contributed by atoms with Crippen molar-refractivity contribution in [1.29, 1.82) is 0 Å². The van der Waals surface area contributed by atoms with Gasteiger partial charge in [-0.25, -0.2) is 0 Å². The molecule has 0 saturated carbocycles. The largest absolute Gasteiger partial charge is 0.481 e. The minimum atomic E-state index is -1.90. The molecule has 604 valence electrons. The number of guanidine groups is 1. The Hall–Kier alpha value is -10.5. The number of hydrogen-bond donors (Lipinski definition) is 19. The summed E-state index contributed by atoms with van der Waals surface area (Å²) in [6, 6.07) is -12.3. The van der Waals surface area contributed by atoms with Gasteiger partial charge in [0.1, 0.15) is 78.5 Å². The molecule has 15 unspecified atom stereocenters. The number of carbonyl (C=O) groups excluding carboxylic acids is 15. The first-order chi connectivity index (χ1) is 51.4. The second-order valence-electron chi connectivity index (χ2n) is 29.0. The summed E-state index contributed by atoms with van der Waals surface area (Å²) in [6.07, 6.45) is -0.805. The van der Waals surface area contributed by atoms with E-state index in [2.05, 4.69) is 73.8 Å².